The maximum atomic E-state index is 12.9. The first kappa shape index (κ1) is 19.0. The Kier molecular flexibility index (Phi) is 5.14. The van der Waals surface area contributed by atoms with Crippen LogP contribution in [0.5, 0.6) is 17.2 Å². The number of aromatic hydroxyl groups is 2. The summed E-state index contributed by atoms with van der Waals surface area (Å²) in [5.74, 6) is 0.292. The average molecular weight is 404 g/mol. The first-order valence-electron chi connectivity index (χ1n) is 9.65. The van der Waals surface area contributed by atoms with Crippen molar-refractivity contribution in [2.24, 2.45) is 4.99 Å². The van der Waals surface area contributed by atoms with E-state index in [1.165, 1.54) is 37.8 Å². The van der Waals surface area contributed by atoms with E-state index < -0.39 is 0 Å². The molecule has 0 spiro atoms. The summed E-state index contributed by atoms with van der Waals surface area (Å²) in [5, 5.41) is 23.6. The molecule has 0 radical (unpaired) electrons. The molecule has 2 heterocycles. The lowest BCUT2D eigenvalue weighted by molar-refractivity contribution is 0.350. The predicted octanol–water partition coefficient (Wildman–Crippen LogP) is 4.38. The van der Waals surface area contributed by atoms with Gasteiger partial charge in [-0.25, -0.2) is 4.99 Å². The van der Waals surface area contributed by atoms with Crippen molar-refractivity contribution in [3.05, 3.63) is 33.6 Å². The molecule has 1 aromatic carbocycles. The van der Waals surface area contributed by atoms with Crippen LogP contribution in [0.15, 0.2) is 21.9 Å². The highest BCUT2D eigenvalue weighted by atomic mass is 32.2. The average Bonchev–Trinajstić information content (AvgIpc) is 2.86. The zero-order valence-corrected chi connectivity index (χ0v) is 16.9. The normalized spacial score (nSPS) is 20.4. The number of aromatic nitrogens is 2. The van der Waals surface area contributed by atoms with Crippen molar-refractivity contribution in [2.45, 2.75) is 56.7 Å². The number of benzene rings is 1. The fraction of sp³-hybridized carbons (Fsp3) is 0.500. The summed E-state index contributed by atoms with van der Waals surface area (Å²) in [7, 11) is 1.43. The Balaban J connectivity index is 1.82. The Morgan fingerprint density at radius 2 is 1.93 bits per heavy atom. The van der Waals surface area contributed by atoms with Crippen LogP contribution >= 0.6 is 11.8 Å². The van der Waals surface area contributed by atoms with Gasteiger partial charge in [-0.2, -0.15) is 0 Å². The molecule has 1 aliphatic carbocycles. The lowest BCUT2D eigenvalue weighted by Crippen LogP contribution is -2.14. The SMILES string of the molecule is COc1cc([C@@H]2SC(C)=Nc3c2c(=O)[nH]n3C2CCCCCC2)cc(O)c1O. The summed E-state index contributed by atoms with van der Waals surface area (Å²) in [6, 6.07) is 3.40. The standard InChI is InChI=1S/C20H25N3O4S/c1-11-21-19-16(20(26)22-23(19)13-7-5-3-4-6-8-13)18(28-11)12-9-14(24)17(25)15(10-12)27-2/h9-10,13,18,24-25H,3-8H2,1-2H3,(H,22,26)/t18-/m0/s1. The van der Waals surface area contributed by atoms with Gasteiger partial charge in [0.1, 0.15) is 0 Å². The van der Waals surface area contributed by atoms with E-state index in [-0.39, 0.29) is 34.1 Å². The molecular weight excluding hydrogens is 378 g/mol. The number of nitrogens with zero attached hydrogens (tertiary/aromatic N) is 2. The molecule has 4 rings (SSSR count). The van der Waals surface area contributed by atoms with E-state index in [1.54, 1.807) is 6.07 Å². The topological polar surface area (TPSA) is 99.8 Å². The van der Waals surface area contributed by atoms with Crippen molar-refractivity contribution in [1.29, 1.82) is 0 Å². The van der Waals surface area contributed by atoms with Gasteiger partial charge in [-0.05, 0) is 37.5 Å². The zero-order valence-electron chi connectivity index (χ0n) is 16.1. The van der Waals surface area contributed by atoms with Gasteiger partial charge in [0, 0.05) is 0 Å². The van der Waals surface area contributed by atoms with Gasteiger partial charge >= 0.3 is 0 Å². The van der Waals surface area contributed by atoms with Gasteiger partial charge < -0.3 is 14.9 Å². The fourth-order valence-electron chi connectivity index (χ4n) is 4.15. The van der Waals surface area contributed by atoms with E-state index in [4.69, 9.17) is 9.73 Å². The van der Waals surface area contributed by atoms with Crippen LogP contribution in [0.2, 0.25) is 0 Å². The first-order valence-corrected chi connectivity index (χ1v) is 10.5. The van der Waals surface area contributed by atoms with E-state index in [9.17, 15) is 15.0 Å². The summed E-state index contributed by atoms with van der Waals surface area (Å²) in [6.45, 7) is 1.92. The number of hydrogen-bond acceptors (Lipinski definition) is 6. The Morgan fingerprint density at radius 1 is 1.21 bits per heavy atom. The third-order valence-electron chi connectivity index (χ3n) is 5.54. The third kappa shape index (κ3) is 3.30. The minimum atomic E-state index is -0.330. The molecule has 1 fully saturated rings. The number of methoxy groups -OCH3 is 1. The molecule has 0 unspecified atom stereocenters. The Bertz CT molecular complexity index is 971. The van der Waals surface area contributed by atoms with Crippen LogP contribution in [-0.2, 0) is 0 Å². The number of rotatable bonds is 3. The monoisotopic (exact) mass is 403 g/mol. The second-order valence-electron chi connectivity index (χ2n) is 7.41. The highest BCUT2D eigenvalue weighted by Gasteiger charge is 2.33. The molecule has 0 amide bonds. The van der Waals surface area contributed by atoms with Gasteiger partial charge in [0.05, 0.1) is 29.0 Å². The molecule has 0 saturated heterocycles. The molecule has 0 bridgehead atoms. The number of ether oxygens (including phenoxy) is 1. The minimum absolute atomic E-state index is 0.153. The van der Waals surface area contributed by atoms with E-state index in [0.717, 1.165) is 30.7 Å². The number of H-pyrrole nitrogens is 1. The van der Waals surface area contributed by atoms with Gasteiger partial charge in [0.15, 0.2) is 17.3 Å². The second kappa shape index (κ2) is 7.58. The summed E-state index contributed by atoms with van der Waals surface area (Å²) in [4.78, 5) is 17.6. The van der Waals surface area contributed by atoms with Gasteiger partial charge in [0.25, 0.3) is 5.56 Å². The number of aliphatic imine (C=N–C) groups is 1. The maximum Gasteiger partial charge on any atom is 0.271 e. The van der Waals surface area contributed by atoms with Crippen LogP contribution in [0.1, 0.15) is 67.9 Å². The van der Waals surface area contributed by atoms with E-state index in [0.29, 0.717) is 16.9 Å². The van der Waals surface area contributed by atoms with Crippen LogP contribution in [-0.4, -0.2) is 32.1 Å². The molecule has 7 nitrogen and oxygen atoms in total. The van der Waals surface area contributed by atoms with Crippen LogP contribution < -0.4 is 10.3 Å². The Labute approximate surface area is 167 Å². The maximum absolute atomic E-state index is 12.9. The predicted molar refractivity (Wildman–Crippen MR) is 110 cm³/mol. The lowest BCUT2D eigenvalue weighted by atomic mass is 10.0. The molecule has 1 saturated carbocycles. The van der Waals surface area contributed by atoms with Gasteiger partial charge in [-0.3, -0.25) is 14.6 Å². The smallest absolute Gasteiger partial charge is 0.271 e. The highest BCUT2D eigenvalue weighted by molar-refractivity contribution is 8.14. The number of phenols is 2. The largest absolute Gasteiger partial charge is 0.504 e. The Morgan fingerprint density at radius 3 is 2.61 bits per heavy atom. The molecule has 3 N–H and O–H groups in total. The second-order valence-corrected chi connectivity index (χ2v) is 8.71. The number of aromatic amines is 1. The van der Waals surface area contributed by atoms with Crippen molar-refractivity contribution in [3.63, 3.8) is 0 Å². The van der Waals surface area contributed by atoms with Crippen molar-refractivity contribution >= 4 is 22.6 Å². The summed E-state index contributed by atoms with van der Waals surface area (Å²) in [6.07, 6.45) is 6.86. The molecule has 2 aromatic rings. The fourth-order valence-corrected chi connectivity index (χ4v) is 5.23. The van der Waals surface area contributed by atoms with Gasteiger partial charge in [0.2, 0.25) is 5.75 Å². The Hall–Kier alpha value is -2.35. The zero-order chi connectivity index (χ0) is 19.8. The first-order chi connectivity index (χ1) is 13.5. The number of nitrogens with one attached hydrogen (secondary N) is 1. The number of fused-ring (bicyclic) bond motifs is 1. The molecule has 1 aromatic heterocycles. The van der Waals surface area contributed by atoms with Crippen LogP contribution in [0.25, 0.3) is 0 Å². The molecule has 150 valence electrons. The van der Waals surface area contributed by atoms with Crippen molar-refractivity contribution in [3.8, 4) is 17.2 Å². The quantitative estimate of drug-likeness (QED) is 0.522. The van der Waals surface area contributed by atoms with Crippen LogP contribution in [0, 0.1) is 0 Å². The molecule has 2 aliphatic rings. The van der Waals surface area contributed by atoms with E-state index >= 15 is 0 Å². The number of phenolic OH excluding ortho intramolecular Hbond substituents is 2. The highest BCUT2D eigenvalue weighted by Crippen LogP contribution is 2.48. The molecule has 8 heteroatoms. The molecule has 1 aliphatic heterocycles. The molecule has 28 heavy (non-hydrogen) atoms. The van der Waals surface area contributed by atoms with Crippen molar-refractivity contribution in [2.75, 3.05) is 7.11 Å². The lowest BCUT2D eigenvalue weighted by Gasteiger charge is -2.23. The van der Waals surface area contributed by atoms with Crippen molar-refractivity contribution < 1.29 is 14.9 Å². The summed E-state index contributed by atoms with van der Waals surface area (Å²) < 4.78 is 7.13. The number of thioether (sulfide) groups is 1. The minimum Gasteiger partial charge on any atom is -0.504 e. The summed E-state index contributed by atoms with van der Waals surface area (Å²) in [5.41, 5.74) is 1.13. The third-order valence-corrected chi connectivity index (χ3v) is 6.72. The van der Waals surface area contributed by atoms with Gasteiger partial charge in [-0.1, -0.05) is 37.4 Å². The van der Waals surface area contributed by atoms with E-state index in [2.05, 4.69) is 5.10 Å². The molecule has 1 atom stereocenters. The van der Waals surface area contributed by atoms with Crippen molar-refractivity contribution in [1.82, 2.24) is 9.78 Å². The summed E-state index contributed by atoms with van der Waals surface area (Å²) >= 11 is 1.46. The molecular formula is C20H25N3O4S. The van der Waals surface area contributed by atoms with Gasteiger partial charge in [-0.15, -0.1) is 0 Å². The number of hydrogen-bond donors (Lipinski definition) is 3. The van der Waals surface area contributed by atoms with Crippen LogP contribution in [0.4, 0.5) is 5.82 Å². The van der Waals surface area contributed by atoms with E-state index in [1.807, 2.05) is 11.6 Å². The van der Waals surface area contributed by atoms with Crippen LogP contribution in [0.3, 0.4) is 0 Å².